The summed E-state index contributed by atoms with van der Waals surface area (Å²) in [7, 11) is 3.68. The minimum Gasteiger partial charge on any atom is -0.337 e. The summed E-state index contributed by atoms with van der Waals surface area (Å²) >= 11 is 5.04. The molecule has 0 spiro atoms. The highest BCUT2D eigenvalue weighted by Gasteiger charge is 2.17. The number of rotatable bonds is 4. The van der Waals surface area contributed by atoms with Crippen LogP contribution in [0, 0.1) is 0 Å². The Labute approximate surface area is 125 Å². The highest BCUT2D eigenvalue weighted by molar-refractivity contribution is 9.10. The van der Waals surface area contributed by atoms with Crippen molar-refractivity contribution in [1.29, 1.82) is 0 Å². The monoisotopic (exact) mass is 341 g/mol. The van der Waals surface area contributed by atoms with Crippen molar-refractivity contribution in [2.45, 2.75) is 19.9 Å². The summed E-state index contributed by atoms with van der Waals surface area (Å²) in [5.74, 6) is 0.0502. The van der Waals surface area contributed by atoms with Gasteiger partial charge in [0.2, 0.25) is 0 Å². The Hall–Kier alpha value is -1.14. The third-order valence-corrected chi connectivity index (χ3v) is 5.05. The number of hydrogen-bond acceptors (Lipinski definition) is 3. The Morgan fingerprint density at radius 3 is 2.84 bits per heavy atom. The summed E-state index contributed by atoms with van der Waals surface area (Å²) in [6, 6.07) is 1.91. The standard InChI is InChI=1S/C13H16BrN3OS/c1-4-11-10(14)5-12(19-11)13(18)16(2)7-9-6-15-17(3)8-9/h5-6,8H,4,7H2,1-3H3. The smallest absolute Gasteiger partial charge is 0.264 e. The van der Waals surface area contributed by atoms with E-state index in [1.54, 1.807) is 27.1 Å². The maximum atomic E-state index is 12.3. The number of thiophene rings is 1. The minimum atomic E-state index is 0.0502. The molecule has 0 aliphatic heterocycles. The van der Waals surface area contributed by atoms with E-state index in [1.165, 1.54) is 4.88 Å². The molecule has 0 aliphatic carbocycles. The predicted molar refractivity (Wildman–Crippen MR) is 80.4 cm³/mol. The van der Waals surface area contributed by atoms with Crippen LogP contribution in [0.2, 0.25) is 0 Å². The molecule has 2 aromatic rings. The first-order chi connectivity index (χ1) is 9.01. The molecule has 0 radical (unpaired) electrons. The van der Waals surface area contributed by atoms with Gasteiger partial charge in [0.25, 0.3) is 5.91 Å². The van der Waals surface area contributed by atoms with Crippen molar-refractivity contribution in [3.63, 3.8) is 0 Å². The van der Waals surface area contributed by atoms with Crippen LogP contribution < -0.4 is 0 Å². The van der Waals surface area contributed by atoms with E-state index < -0.39 is 0 Å². The van der Waals surface area contributed by atoms with Crippen LogP contribution in [0.1, 0.15) is 27.0 Å². The minimum absolute atomic E-state index is 0.0502. The maximum Gasteiger partial charge on any atom is 0.264 e. The number of nitrogens with zero attached hydrogens (tertiary/aromatic N) is 3. The zero-order valence-corrected chi connectivity index (χ0v) is 13.6. The Kier molecular flexibility index (Phi) is 4.42. The van der Waals surface area contributed by atoms with E-state index in [1.807, 2.05) is 26.4 Å². The van der Waals surface area contributed by atoms with Gasteiger partial charge in [-0.25, -0.2) is 0 Å². The quantitative estimate of drug-likeness (QED) is 0.856. The molecule has 0 saturated carbocycles. The van der Waals surface area contributed by atoms with Gasteiger partial charge < -0.3 is 4.90 Å². The number of carbonyl (C=O) groups is 1. The van der Waals surface area contributed by atoms with Crippen LogP contribution >= 0.6 is 27.3 Å². The predicted octanol–water partition coefficient (Wildman–Crippen LogP) is 3.08. The van der Waals surface area contributed by atoms with Gasteiger partial charge in [-0.15, -0.1) is 11.3 Å². The normalized spacial score (nSPS) is 10.7. The van der Waals surface area contributed by atoms with E-state index >= 15 is 0 Å². The lowest BCUT2D eigenvalue weighted by molar-refractivity contribution is 0.0790. The van der Waals surface area contributed by atoms with Crippen molar-refractivity contribution in [2.75, 3.05) is 7.05 Å². The fraction of sp³-hybridized carbons (Fsp3) is 0.385. The van der Waals surface area contributed by atoms with E-state index in [9.17, 15) is 4.79 Å². The molecule has 2 aromatic heterocycles. The summed E-state index contributed by atoms with van der Waals surface area (Å²) < 4.78 is 2.77. The van der Waals surface area contributed by atoms with Gasteiger partial charge in [0.05, 0.1) is 11.1 Å². The van der Waals surface area contributed by atoms with Gasteiger partial charge in [-0.1, -0.05) is 6.92 Å². The third-order valence-electron chi connectivity index (χ3n) is 2.81. The van der Waals surface area contributed by atoms with Crippen LogP contribution in [0.4, 0.5) is 0 Å². The van der Waals surface area contributed by atoms with Crippen molar-refractivity contribution >= 4 is 33.2 Å². The van der Waals surface area contributed by atoms with Gasteiger partial charge in [-0.05, 0) is 28.4 Å². The molecule has 0 saturated heterocycles. The Balaban J connectivity index is 2.09. The highest BCUT2D eigenvalue weighted by atomic mass is 79.9. The molecule has 19 heavy (non-hydrogen) atoms. The second-order valence-corrected chi connectivity index (χ2v) is 6.41. The fourth-order valence-corrected chi connectivity index (χ4v) is 3.73. The summed E-state index contributed by atoms with van der Waals surface area (Å²) in [5.41, 5.74) is 1.03. The summed E-state index contributed by atoms with van der Waals surface area (Å²) in [5, 5.41) is 4.11. The molecular weight excluding hydrogens is 326 g/mol. The number of aromatic nitrogens is 2. The first kappa shape index (κ1) is 14.3. The van der Waals surface area contributed by atoms with Crippen LogP contribution in [0.25, 0.3) is 0 Å². The van der Waals surface area contributed by atoms with E-state index in [0.29, 0.717) is 6.54 Å². The maximum absolute atomic E-state index is 12.3. The second kappa shape index (κ2) is 5.88. The topological polar surface area (TPSA) is 38.1 Å². The number of carbonyl (C=O) groups excluding carboxylic acids is 1. The Morgan fingerprint density at radius 1 is 1.58 bits per heavy atom. The summed E-state index contributed by atoms with van der Waals surface area (Å²) in [6.45, 7) is 2.66. The molecule has 4 nitrogen and oxygen atoms in total. The van der Waals surface area contributed by atoms with Gasteiger partial charge in [-0.2, -0.15) is 5.10 Å². The van der Waals surface area contributed by atoms with Crippen LogP contribution in [0.3, 0.4) is 0 Å². The fourth-order valence-electron chi connectivity index (χ4n) is 1.84. The Morgan fingerprint density at radius 2 is 2.32 bits per heavy atom. The van der Waals surface area contributed by atoms with Gasteiger partial charge in [0.1, 0.15) is 0 Å². The van der Waals surface area contributed by atoms with Crippen LogP contribution in [0.15, 0.2) is 22.9 Å². The molecule has 0 unspecified atom stereocenters. The molecule has 0 N–H and O–H groups in total. The molecule has 0 bridgehead atoms. The van der Waals surface area contributed by atoms with E-state index in [-0.39, 0.29) is 5.91 Å². The average Bonchev–Trinajstić information content (AvgIpc) is 2.94. The lowest BCUT2D eigenvalue weighted by atomic mass is 10.3. The van der Waals surface area contributed by atoms with Crippen LogP contribution in [-0.4, -0.2) is 27.6 Å². The van der Waals surface area contributed by atoms with Crippen LogP contribution in [0.5, 0.6) is 0 Å². The first-order valence-corrected chi connectivity index (χ1v) is 7.63. The molecule has 0 atom stereocenters. The van der Waals surface area contributed by atoms with Crippen molar-refractivity contribution in [1.82, 2.24) is 14.7 Å². The lowest BCUT2D eigenvalue weighted by Gasteiger charge is -2.14. The van der Waals surface area contributed by atoms with Gasteiger partial charge in [-0.3, -0.25) is 9.48 Å². The van der Waals surface area contributed by atoms with E-state index in [4.69, 9.17) is 0 Å². The van der Waals surface area contributed by atoms with E-state index in [0.717, 1.165) is 21.3 Å². The van der Waals surface area contributed by atoms with Crippen molar-refractivity contribution < 1.29 is 4.79 Å². The van der Waals surface area contributed by atoms with Crippen molar-refractivity contribution in [2.24, 2.45) is 7.05 Å². The number of amides is 1. The average molecular weight is 342 g/mol. The Bertz CT molecular complexity index is 590. The first-order valence-electron chi connectivity index (χ1n) is 6.02. The third kappa shape index (κ3) is 3.25. The highest BCUT2D eigenvalue weighted by Crippen LogP contribution is 2.28. The molecular formula is C13H16BrN3OS. The second-order valence-electron chi connectivity index (χ2n) is 4.42. The molecule has 2 heterocycles. The number of aryl methyl sites for hydroxylation is 2. The van der Waals surface area contributed by atoms with E-state index in [2.05, 4.69) is 28.0 Å². The number of halogens is 1. The summed E-state index contributed by atoms with van der Waals surface area (Å²) in [6.07, 6.45) is 4.64. The zero-order valence-electron chi connectivity index (χ0n) is 11.2. The molecule has 1 amide bonds. The molecule has 102 valence electrons. The molecule has 2 rings (SSSR count). The zero-order chi connectivity index (χ0) is 14.0. The van der Waals surface area contributed by atoms with Crippen LogP contribution in [-0.2, 0) is 20.0 Å². The number of hydrogen-bond donors (Lipinski definition) is 0. The molecule has 6 heteroatoms. The van der Waals surface area contributed by atoms with Gasteiger partial charge in [0, 0.05) is 41.8 Å². The van der Waals surface area contributed by atoms with Crippen molar-refractivity contribution in [3.05, 3.63) is 38.3 Å². The molecule has 0 aromatic carbocycles. The largest absolute Gasteiger partial charge is 0.337 e. The van der Waals surface area contributed by atoms with Crippen molar-refractivity contribution in [3.8, 4) is 0 Å². The van der Waals surface area contributed by atoms with Gasteiger partial charge >= 0.3 is 0 Å². The SMILES string of the molecule is CCc1sc(C(=O)N(C)Cc2cnn(C)c2)cc1Br. The molecule has 0 aliphatic rings. The van der Waals surface area contributed by atoms with Gasteiger partial charge in [0.15, 0.2) is 0 Å². The molecule has 0 fully saturated rings. The summed E-state index contributed by atoms with van der Waals surface area (Å²) in [4.78, 5) is 16.0. The lowest BCUT2D eigenvalue weighted by Crippen LogP contribution is -2.25.